The van der Waals surface area contributed by atoms with Gasteiger partial charge in [-0.05, 0) is 43.0 Å². The fourth-order valence-electron chi connectivity index (χ4n) is 3.99. The lowest BCUT2D eigenvalue weighted by atomic mass is 9.86. The molecule has 0 spiro atoms. The molecular formula is C21H25N5. The van der Waals surface area contributed by atoms with Crippen molar-refractivity contribution in [3.63, 3.8) is 0 Å². The second-order valence-electron chi connectivity index (χ2n) is 7.16. The molecule has 0 saturated heterocycles. The van der Waals surface area contributed by atoms with Gasteiger partial charge in [-0.15, -0.1) is 0 Å². The number of pyridine rings is 2. The van der Waals surface area contributed by atoms with E-state index < -0.39 is 0 Å². The van der Waals surface area contributed by atoms with Gasteiger partial charge in [0.15, 0.2) is 0 Å². The molecule has 1 aliphatic rings. The molecule has 4 rings (SSSR count). The summed E-state index contributed by atoms with van der Waals surface area (Å²) in [4.78, 5) is 12.2. The van der Waals surface area contributed by atoms with E-state index in [0.29, 0.717) is 0 Å². The van der Waals surface area contributed by atoms with Gasteiger partial charge >= 0.3 is 0 Å². The van der Waals surface area contributed by atoms with E-state index in [-0.39, 0.29) is 0 Å². The number of nitrogens with zero attached hydrogens (tertiary/aromatic N) is 3. The van der Waals surface area contributed by atoms with E-state index in [1.54, 1.807) is 6.20 Å². The largest absolute Gasteiger partial charge is 0.345 e. The highest BCUT2D eigenvalue weighted by Crippen LogP contribution is 2.27. The maximum Gasteiger partial charge on any atom is 0.137 e. The molecule has 0 aliphatic heterocycles. The van der Waals surface area contributed by atoms with Crippen molar-refractivity contribution in [2.24, 2.45) is 16.9 Å². The number of nitrogens with two attached hydrogens (primary N) is 1. The number of aryl methyl sites for hydroxylation is 1. The first-order valence-corrected chi connectivity index (χ1v) is 9.51. The van der Waals surface area contributed by atoms with Crippen molar-refractivity contribution in [1.29, 1.82) is 0 Å². The molecule has 1 saturated carbocycles. The Hall–Kier alpha value is -2.69. The van der Waals surface area contributed by atoms with Crippen molar-refractivity contribution in [2.75, 3.05) is 0 Å². The Kier molecular flexibility index (Phi) is 4.95. The Morgan fingerprint density at radius 2 is 2.04 bits per heavy atom. The smallest absolute Gasteiger partial charge is 0.137 e. The molecule has 0 amide bonds. The molecule has 1 fully saturated rings. The Bertz CT molecular complexity index is 888. The van der Waals surface area contributed by atoms with Crippen LogP contribution in [0.3, 0.4) is 0 Å². The average Bonchev–Trinajstić information content (AvgIpc) is 3.13. The van der Waals surface area contributed by atoms with Gasteiger partial charge in [-0.2, -0.15) is 5.10 Å². The molecule has 3 heterocycles. The predicted molar refractivity (Wildman–Crippen MR) is 105 cm³/mol. The summed E-state index contributed by atoms with van der Waals surface area (Å²) in [5.41, 5.74) is 4.60. The van der Waals surface area contributed by atoms with Gasteiger partial charge in [-0.3, -0.25) is 4.98 Å². The number of nitrogens with one attached hydrogen (secondary N) is 1. The van der Waals surface area contributed by atoms with Gasteiger partial charge in [0, 0.05) is 40.8 Å². The van der Waals surface area contributed by atoms with Crippen LogP contribution >= 0.6 is 0 Å². The summed E-state index contributed by atoms with van der Waals surface area (Å²) < 4.78 is 0. The summed E-state index contributed by atoms with van der Waals surface area (Å²) in [7, 11) is 0. The summed E-state index contributed by atoms with van der Waals surface area (Å²) in [5.74, 6) is 6.59. The fraction of sp³-hybridized carbons (Fsp3) is 0.381. The molecule has 134 valence electrons. The van der Waals surface area contributed by atoms with E-state index in [2.05, 4.69) is 32.2 Å². The number of hydrazone groups is 1. The summed E-state index contributed by atoms with van der Waals surface area (Å²) in [6.45, 7) is 0. The van der Waals surface area contributed by atoms with Crippen LogP contribution in [0.5, 0.6) is 0 Å². The zero-order valence-electron chi connectivity index (χ0n) is 15.0. The number of hydrogen-bond donors (Lipinski definition) is 2. The monoisotopic (exact) mass is 347 g/mol. The van der Waals surface area contributed by atoms with E-state index in [1.807, 2.05) is 24.5 Å². The highest BCUT2D eigenvalue weighted by molar-refractivity contribution is 6.18. The summed E-state index contributed by atoms with van der Waals surface area (Å²) in [6, 6.07) is 8.12. The lowest BCUT2D eigenvalue weighted by Crippen LogP contribution is -2.09. The van der Waals surface area contributed by atoms with Gasteiger partial charge in [0.1, 0.15) is 11.4 Å². The Balaban J connectivity index is 1.50. The van der Waals surface area contributed by atoms with Crippen molar-refractivity contribution in [3.8, 4) is 0 Å². The number of aromatic nitrogens is 3. The van der Waals surface area contributed by atoms with Crippen LogP contribution in [-0.4, -0.2) is 20.7 Å². The van der Waals surface area contributed by atoms with Gasteiger partial charge in [-0.1, -0.05) is 32.1 Å². The van der Waals surface area contributed by atoms with Crippen LogP contribution in [0.1, 0.15) is 55.3 Å². The molecule has 0 aromatic carbocycles. The van der Waals surface area contributed by atoms with E-state index in [0.717, 1.165) is 45.9 Å². The Labute approximate surface area is 153 Å². The number of aromatic amines is 1. The Morgan fingerprint density at radius 3 is 2.81 bits per heavy atom. The van der Waals surface area contributed by atoms with E-state index in [9.17, 15) is 0 Å². The van der Waals surface area contributed by atoms with Crippen LogP contribution in [0, 0.1) is 5.92 Å². The van der Waals surface area contributed by atoms with Gasteiger partial charge in [0.25, 0.3) is 0 Å². The summed E-state index contributed by atoms with van der Waals surface area (Å²) >= 11 is 0. The van der Waals surface area contributed by atoms with Gasteiger partial charge < -0.3 is 10.8 Å². The van der Waals surface area contributed by atoms with Crippen molar-refractivity contribution in [1.82, 2.24) is 15.0 Å². The fourth-order valence-corrected chi connectivity index (χ4v) is 3.99. The molecule has 3 N–H and O–H groups in total. The molecule has 5 heteroatoms. The van der Waals surface area contributed by atoms with E-state index in [1.165, 1.54) is 38.5 Å². The zero-order chi connectivity index (χ0) is 17.8. The molecule has 1 aliphatic carbocycles. The SMILES string of the molecule is N/N=C(\c1ccc(CCC2CCCCC2)nc1)c1c[nH]c2ncccc12. The number of hydrogen-bond acceptors (Lipinski definition) is 4. The minimum absolute atomic E-state index is 0.732. The quantitative estimate of drug-likeness (QED) is 0.413. The first-order valence-electron chi connectivity index (χ1n) is 9.51. The van der Waals surface area contributed by atoms with Crippen molar-refractivity contribution >= 4 is 16.7 Å². The Morgan fingerprint density at radius 1 is 1.15 bits per heavy atom. The third kappa shape index (κ3) is 3.47. The van der Waals surface area contributed by atoms with Crippen LogP contribution in [-0.2, 0) is 6.42 Å². The van der Waals surface area contributed by atoms with Gasteiger partial charge in [0.05, 0.1) is 0 Å². The normalized spacial score (nSPS) is 16.2. The van der Waals surface area contributed by atoms with Crippen LogP contribution in [0.4, 0.5) is 0 Å². The van der Waals surface area contributed by atoms with Crippen molar-refractivity contribution < 1.29 is 0 Å². The lowest BCUT2D eigenvalue weighted by molar-refractivity contribution is 0.338. The minimum atomic E-state index is 0.732. The van der Waals surface area contributed by atoms with Crippen LogP contribution in [0.2, 0.25) is 0 Å². The highest BCUT2D eigenvalue weighted by atomic mass is 15.1. The number of H-pyrrole nitrogens is 1. The molecular weight excluding hydrogens is 322 g/mol. The zero-order valence-corrected chi connectivity index (χ0v) is 15.0. The highest BCUT2D eigenvalue weighted by Gasteiger charge is 2.15. The molecule has 3 aromatic rings. The molecule has 0 radical (unpaired) electrons. The maximum atomic E-state index is 5.71. The molecule has 0 atom stereocenters. The third-order valence-electron chi connectivity index (χ3n) is 5.47. The summed E-state index contributed by atoms with van der Waals surface area (Å²) in [6.07, 6.45) is 14.8. The van der Waals surface area contributed by atoms with Crippen LogP contribution < -0.4 is 5.84 Å². The van der Waals surface area contributed by atoms with E-state index >= 15 is 0 Å². The minimum Gasteiger partial charge on any atom is -0.345 e. The van der Waals surface area contributed by atoms with Crippen LogP contribution in [0.15, 0.2) is 48.0 Å². The molecule has 5 nitrogen and oxygen atoms in total. The predicted octanol–water partition coefficient (Wildman–Crippen LogP) is 4.18. The second-order valence-corrected chi connectivity index (χ2v) is 7.16. The number of rotatable bonds is 5. The lowest BCUT2D eigenvalue weighted by Gasteiger charge is -2.21. The molecule has 26 heavy (non-hydrogen) atoms. The topological polar surface area (TPSA) is 80.0 Å². The second kappa shape index (κ2) is 7.68. The standard InChI is InChI=1S/C21H25N5/c22-26-20(19-14-25-21-18(19)7-4-12-23-21)16-9-11-17(24-13-16)10-8-15-5-2-1-3-6-15/h4,7,9,11-15H,1-3,5-6,8,10,22H2,(H,23,25)/b26-20+. The molecule has 0 bridgehead atoms. The summed E-state index contributed by atoms with van der Waals surface area (Å²) in [5, 5.41) is 5.04. The molecule has 3 aromatic heterocycles. The van der Waals surface area contributed by atoms with E-state index in [4.69, 9.17) is 5.84 Å². The first kappa shape index (κ1) is 16.8. The van der Waals surface area contributed by atoms with Crippen molar-refractivity contribution in [3.05, 3.63) is 59.7 Å². The van der Waals surface area contributed by atoms with Crippen LogP contribution in [0.25, 0.3) is 11.0 Å². The van der Waals surface area contributed by atoms with Gasteiger partial charge in [0.2, 0.25) is 0 Å². The van der Waals surface area contributed by atoms with Crippen molar-refractivity contribution in [2.45, 2.75) is 44.9 Å². The van der Waals surface area contributed by atoms with Gasteiger partial charge in [-0.25, -0.2) is 4.98 Å². The first-order chi connectivity index (χ1) is 12.8. The average molecular weight is 347 g/mol. The number of fused-ring (bicyclic) bond motifs is 1. The molecule has 0 unspecified atom stereocenters. The third-order valence-corrected chi connectivity index (χ3v) is 5.47. The maximum absolute atomic E-state index is 5.71.